The van der Waals surface area contributed by atoms with Crippen LogP contribution in [-0.2, 0) is 11.2 Å². The Morgan fingerprint density at radius 2 is 1.78 bits per heavy atom. The van der Waals surface area contributed by atoms with Crippen LogP contribution in [-0.4, -0.2) is 39.5 Å². The standard InChI is InChI=1S/C22H28N6O2S2/c1-13(2)30-17-9-4-6-14(10-17)11-18(29)24-22-28-26-20(32-22)16-8-5-7-15(12-16)19-25-27-21(23-3)31-19/h4,6,9-10,13,15-16H,5,7-8,11-12H2,1-3H3,(H,23,27)(H,24,28,29)/t15?,16-/m0/s1. The summed E-state index contributed by atoms with van der Waals surface area (Å²) in [5.74, 6) is 1.40. The van der Waals surface area contributed by atoms with Crippen molar-refractivity contribution in [2.24, 2.45) is 0 Å². The number of ether oxygens (including phenoxy) is 1. The fraction of sp³-hybridized carbons (Fsp3) is 0.500. The molecule has 2 heterocycles. The van der Waals surface area contributed by atoms with E-state index < -0.39 is 0 Å². The van der Waals surface area contributed by atoms with Gasteiger partial charge in [0.05, 0.1) is 12.5 Å². The molecule has 8 nitrogen and oxygen atoms in total. The van der Waals surface area contributed by atoms with Gasteiger partial charge in [0.15, 0.2) is 0 Å². The third-order valence-corrected chi connectivity index (χ3v) is 7.45. The lowest BCUT2D eigenvalue weighted by Crippen LogP contribution is -2.14. The monoisotopic (exact) mass is 472 g/mol. The van der Waals surface area contributed by atoms with E-state index in [1.807, 2.05) is 45.2 Å². The summed E-state index contributed by atoms with van der Waals surface area (Å²) in [7, 11) is 1.86. The molecule has 0 bridgehead atoms. The minimum atomic E-state index is -0.107. The summed E-state index contributed by atoms with van der Waals surface area (Å²) < 4.78 is 5.71. The maximum atomic E-state index is 12.5. The van der Waals surface area contributed by atoms with E-state index in [0.29, 0.717) is 17.0 Å². The van der Waals surface area contributed by atoms with Crippen molar-refractivity contribution in [1.82, 2.24) is 20.4 Å². The van der Waals surface area contributed by atoms with Crippen LogP contribution in [0.1, 0.15) is 66.9 Å². The highest BCUT2D eigenvalue weighted by atomic mass is 32.1. The van der Waals surface area contributed by atoms with Crippen LogP contribution in [0.25, 0.3) is 0 Å². The Labute approximate surface area is 195 Å². The summed E-state index contributed by atoms with van der Waals surface area (Å²) in [6.45, 7) is 3.96. The number of nitrogens with one attached hydrogen (secondary N) is 2. The smallest absolute Gasteiger partial charge is 0.230 e. The van der Waals surface area contributed by atoms with Crippen molar-refractivity contribution in [3.63, 3.8) is 0 Å². The van der Waals surface area contributed by atoms with Crippen LogP contribution in [0.4, 0.5) is 10.3 Å². The number of hydrogen-bond acceptors (Lipinski definition) is 9. The molecule has 0 aliphatic heterocycles. The quantitative estimate of drug-likeness (QED) is 0.483. The lowest BCUT2D eigenvalue weighted by molar-refractivity contribution is -0.115. The first-order chi connectivity index (χ1) is 15.5. The molecule has 0 radical (unpaired) electrons. The molecule has 2 N–H and O–H groups in total. The third kappa shape index (κ3) is 5.80. The van der Waals surface area contributed by atoms with Crippen LogP contribution >= 0.6 is 22.7 Å². The summed E-state index contributed by atoms with van der Waals surface area (Å²) in [5.41, 5.74) is 0.901. The lowest BCUT2D eigenvalue weighted by atomic mass is 9.82. The van der Waals surface area contributed by atoms with Crippen LogP contribution in [0.15, 0.2) is 24.3 Å². The summed E-state index contributed by atoms with van der Waals surface area (Å²) in [5, 5.41) is 26.6. The van der Waals surface area contributed by atoms with Gasteiger partial charge in [-0.25, -0.2) is 0 Å². The van der Waals surface area contributed by atoms with Crippen molar-refractivity contribution in [3.05, 3.63) is 39.8 Å². The molecule has 10 heteroatoms. The van der Waals surface area contributed by atoms with E-state index in [9.17, 15) is 4.79 Å². The van der Waals surface area contributed by atoms with Crippen molar-refractivity contribution in [1.29, 1.82) is 0 Å². The molecule has 1 fully saturated rings. The molecule has 1 unspecified atom stereocenters. The van der Waals surface area contributed by atoms with E-state index >= 15 is 0 Å². The highest BCUT2D eigenvalue weighted by molar-refractivity contribution is 7.15. The Morgan fingerprint density at radius 1 is 1.09 bits per heavy atom. The minimum Gasteiger partial charge on any atom is -0.491 e. The van der Waals surface area contributed by atoms with Gasteiger partial charge >= 0.3 is 0 Å². The van der Waals surface area contributed by atoms with E-state index in [0.717, 1.165) is 52.1 Å². The summed E-state index contributed by atoms with van der Waals surface area (Å²) in [6, 6.07) is 7.63. The molecular formula is C22H28N6O2S2. The van der Waals surface area contributed by atoms with E-state index in [-0.39, 0.29) is 18.4 Å². The van der Waals surface area contributed by atoms with Gasteiger partial charge in [0.2, 0.25) is 16.2 Å². The van der Waals surface area contributed by atoms with Crippen LogP contribution in [0, 0.1) is 0 Å². The number of aromatic nitrogens is 4. The van der Waals surface area contributed by atoms with Crippen LogP contribution < -0.4 is 15.4 Å². The van der Waals surface area contributed by atoms with Gasteiger partial charge in [0, 0.05) is 18.9 Å². The largest absolute Gasteiger partial charge is 0.491 e. The van der Waals surface area contributed by atoms with Crippen molar-refractivity contribution < 1.29 is 9.53 Å². The van der Waals surface area contributed by atoms with Crippen molar-refractivity contribution in [2.75, 3.05) is 17.7 Å². The van der Waals surface area contributed by atoms with Gasteiger partial charge in [-0.3, -0.25) is 4.79 Å². The molecular weight excluding hydrogens is 444 g/mol. The number of benzene rings is 1. The average Bonchev–Trinajstić information content (AvgIpc) is 3.43. The number of amides is 1. The zero-order valence-electron chi connectivity index (χ0n) is 18.5. The van der Waals surface area contributed by atoms with E-state index in [1.165, 1.54) is 11.3 Å². The normalized spacial score (nSPS) is 18.5. The summed E-state index contributed by atoms with van der Waals surface area (Å²) in [4.78, 5) is 12.5. The summed E-state index contributed by atoms with van der Waals surface area (Å²) >= 11 is 3.10. The number of hydrogen-bond donors (Lipinski definition) is 2. The van der Waals surface area contributed by atoms with Gasteiger partial charge in [-0.15, -0.1) is 20.4 Å². The molecule has 3 aromatic rings. The third-order valence-electron chi connectivity index (χ3n) is 5.35. The topological polar surface area (TPSA) is 102 Å². The Morgan fingerprint density at radius 3 is 2.44 bits per heavy atom. The molecule has 32 heavy (non-hydrogen) atoms. The highest BCUT2D eigenvalue weighted by Gasteiger charge is 2.29. The zero-order chi connectivity index (χ0) is 22.5. The second-order valence-electron chi connectivity index (χ2n) is 8.24. The molecule has 1 saturated carbocycles. The second kappa shape index (κ2) is 10.4. The Balaban J connectivity index is 1.34. The first-order valence-electron chi connectivity index (χ1n) is 10.9. The lowest BCUT2D eigenvalue weighted by Gasteiger charge is -2.25. The first-order valence-corrected chi connectivity index (χ1v) is 12.5. The molecule has 2 aromatic heterocycles. The fourth-order valence-corrected chi connectivity index (χ4v) is 5.69. The van der Waals surface area contributed by atoms with Crippen molar-refractivity contribution in [2.45, 2.75) is 63.9 Å². The number of rotatable bonds is 8. The van der Waals surface area contributed by atoms with Crippen molar-refractivity contribution >= 4 is 38.8 Å². The number of carbonyl (C=O) groups excluding carboxylic acids is 1. The van der Waals surface area contributed by atoms with Gasteiger partial charge in [0.1, 0.15) is 15.8 Å². The molecule has 170 valence electrons. The SMILES string of the molecule is CNc1nnc(C2CCC[C@H](c3nnc(NC(=O)Cc4cccc(OC(C)C)c4)s3)C2)s1. The molecule has 0 saturated heterocycles. The van der Waals surface area contributed by atoms with E-state index in [4.69, 9.17) is 4.74 Å². The zero-order valence-corrected chi connectivity index (χ0v) is 20.1. The van der Waals surface area contributed by atoms with Crippen LogP contribution in [0.2, 0.25) is 0 Å². The fourth-order valence-electron chi connectivity index (χ4n) is 3.94. The van der Waals surface area contributed by atoms with Gasteiger partial charge in [-0.2, -0.15) is 0 Å². The van der Waals surface area contributed by atoms with Crippen molar-refractivity contribution in [3.8, 4) is 5.75 Å². The predicted octanol–water partition coefficient (Wildman–Crippen LogP) is 4.84. The molecule has 1 aromatic carbocycles. The molecule has 2 atom stereocenters. The Bertz CT molecular complexity index is 1050. The molecule has 1 amide bonds. The first kappa shape index (κ1) is 22.6. The number of carbonyl (C=O) groups is 1. The maximum Gasteiger partial charge on any atom is 0.230 e. The molecule has 0 spiro atoms. The molecule has 4 rings (SSSR count). The van der Waals surface area contributed by atoms with E-state index in [2.05, 4.69) is 31.0 Å². The van der Waals surface area contributed by atoms with E-state index in [1.54, 1.807) is 11.3 Å². The van der Waals surface area contributed by atoms with Gasteiger partial charge < -0.3 is 15.4 Å². The van der Waals surface area contributed by atoms with Gasteiger partial charge in [-0.1, -0.05) is 41.2 Å². The van der Waals surface area contributed by atoms with Crippen LogP contribution in [0.5, 0.6) is 5.75 Å². The Hall–Kier alpha value is -2.59. The van der Waals surface area contributed by atoms with Gasteiger partial charge in [-0.05, 0) is 50.8 Å². The highest BCUT2D eigenvalue weighted by Crippen LogP contribution is 2.43. The second-order valence-corrected chi connectivity index (χ2v) is 10.3. The van der Waals surface area contributed by atoms with Gasteiger partial charge in [0.25, 0.3) is 0 Å². The average molecular weight is 473 g/mol. The minimum absolute atomic E-state index is 0.0931. The molecule has 1 aliphatic rings. The number of nitrogens with zero attached hydrogens (tertiary/aromatic N) is 4. The molecule has 1 aliphatic carbocycles. The summed E-state index contributed by atoms with van der Waals surface area (Å²) in [6.07, 6.45) is 4.68. The number of anilines is 2. The Kier molecular flexibility index (Phi) is 7.31. The predicted molar refractivity (Wildman–Crippen MR) is 128 cm³/mol. The maximum absolute atomic E-state index is 12.5. The van der Waals surface area contributed by atoms with Crippen LogP contribution in [0.3, 0.4) is 0 Å².